The minimum absolute atomic E-state index is 0.148. The van der Waals surface area contributed by atoms with E-state index >= 15 is 0 Å². The van der Waals surface area contributed by atoms with Crippen LogP contribution in [0.1, 0.15) is 45.6 Å². The third-order valence-corrected chi connectivity index (χ3v) is 5.13. The molecule has 0 spiro atoms. The van der Waals surface area contributed by atoms with E-state index in [4.69, 9.17) is 4.74 Å². The summed E-state index contributed by atoms with van der Waals surface area (Å²) in [5.74, 6) is -2.93. The van der Waals surface area contributed by atoms with Crippen LogP contribution in [0.4, 0.5) is 0 Å². The van der Waals surface area contributed by atoms with Crippen LogP contribution in [0.5, 0.6) is 0 Å². The molecule has 0 N–H and O–H groups in total. The van der Waals surface area contributed by atoms with Crippen LogP contribution in [0.15, 0.2) is 35.3 Å². The van der Waals surface area contributed by atoms with Gasteiger partial charge in [0.15, 0.2) is 5.78 Å². The molecule has 1 aliphatic rings. The number of rotatable bonds is 7. The molecule has 1 saturated carbocycles. The number of aliphatic imine (C=N–C) groups is 1. The molecule has 5 heteroatoms. The minimum Gasteiger partial charge on any atom is -0.468 e. The molecule has 27 heavy (non-hydrogen) atoms. The van der Waals surface area contributed by atoms with E-state index in [0.717, 1.165) is 12.0 Å². The van der Waals surface area contributed by atoms with E-state index in [1.807, 2.05) is 51.1 Å². The first kappa shape index (κ1) is 21.0. The van der Waals surface area contributed by atoms with Gasteiger partial charge in [-0.05, 0) is 30.2 Å². The van der Waals surface area contributed by atoms with E-state index in [0.29, 0.717) is 31.5 Å². The van der Waals surface area contributed by atoms with Gasteiger partial charge in [0.1, 0.15) is 17.6 Å². The molecule has 2 atom stereocenters. The number of ketones is 2. The molecule has 0 saturated heterocycles. The first-order valence-electron chi connectivity index (χ1n) is 9.53. The molecule has 0 radical (unpaired) electrons. The fourth-order valence-electron chi connectivity index (χ4n) is 3.80. The van der Waals surface area contributed by atoms with Gasteiger partial charge in [0, 0.05) is 18.7 Å². The van der Waals surface area contributed by atoms with Crippen molar-refractivity contribution in [2.75, 3.05) is 13.7 Å². The Morgan fingerprint density at radius 2 is 1.89 bits per heavy atom. The van der Waals surface area contributed by atoms with Gasteiger partial charge in [-0.1, -0.05) is 51.1 Å². The molecule has 0 aliphatic heterocycles. The van der Waals surface area contributed by atoms with Crippen molar-refractivity contribution in [3.05, 3.63) is 35.9 Å². The third kappa shape index (κ3) is 4.90. The third-order valence-electron chi connectivity index (χ3n) is 5.13. The second kappa shape index (κ2) is 9.07. The molecular formula is C22H29NO4. The molecule has 1 aromatic rings. The number of hydrogen-bond acceptors (Lipinski definition) is 5. The lowest BCUT2D eigenvalue weighted by Crippen LogP contribution is -2.52. The molecule has 1 aromatic carbocycles. The van der Waals surface area contributed by atoms with Crippen LogP contribution in [-0.4, -0.2) is 36.9 Å². The average Bonchev–Trinajstić information content (AvgIpc) is 2.61. The quantitative estimate of drug-likeness (QED) is 0.544. The van der Waals surface area contributed by atoms with Gasteiger partial charge >= 0.3 is 5.97 Å². The summed E-state index contributed by atoms with van der Waals surface area (Å²) in [6.07, 6.45) is 2.15. The Hall–Kier alpha value is -2.30. The average molecular weight is 371 g/mol. The van der Waals surface area contributed by atoms with Gasteiger partial charge in [-0.3, -0.25) is 19.4 Å². The number of esters is 1. The molecule has 0 bridgehead atoms. The smallest absolute Gasteiger partial charge is 0.316 e. The van der Waals surface area contributed by atoms with Crippen LogP contribution in [0.2, 0.25) is 0 Å². The minimum atomic E-state index is -0.929. The molecule has 0 heterocycles. The molecule has 2 rings (SSSR count). The van der Waals surface area contributed by atoms with Gasteiger partial charge in [-0.25, -0.2) is 0 Å². The number of nitrogens with zero attached hydrogens (tertiary/aromatic N) is 1. The Balaban J connectivity index is 2.29. The highest BCUT2D eigenvalue weighted by Gasteiger charge is 2.52. The van der Waals surface area contributed by atoms with Crippen molar-refractivity contribution in [1.29, 1.82) is 0 Å². The van der Waals surface area contributed by atoms with E-state index in [2.05, 4.69) is 4.99 Å². The summed E-state index contributed by atoms with van der Waals surface area (Å²) in [4.78, 5) is 42.6. The van der Waals surface area contributed by atoms with Gasteiger partial charge in [-0.2, -0.15) is 0 Å². The van der Waals surface area contributed by atoms with Crippen LogP contribution in [-0.2, 0) is 25.5 Å². The SMILES string of the molecule is CCCC(=O)[C@H]1C(=O)[C@@H](C(=O)OC)C(C)(C)CC1=NCCc1ccccc1. The topological polar surface area (TPSA) is 72.8 Å². The Labute approximate surface area is 161 Å². The Morgan fingerprint density at radius 3 is 2.48 bits per heavy atom. The van der Waals surface area contributed by atoms with Crippen LogP contribution in [0.3, 0.4) is 0 Å². The maximum atomic E-state index is 13.1. The maximum Gasteiger partial charge on any atom is 0.316 e. The Kier molecular flexibility index (Phi) is 7.05. The van der Waals surface area contributed by atoms with Crippen LogP contribution in [0.25, 0.3) is 0 Å². The predicted octanol–water partition coefficient (Wildman–Crippen LogP) is 3.44. The van der Waals surface area contributed by atoms with Crippen LogP contribution < -0.4 is 0 Å². The highest BCUT2D eigenvalue weighted by molar-refractivity contribution is 6.26. The van der Waals surface area contributed by atoms with E-state index in [1.54, 1.807) is 0 Å². The molecule has 5 nitrogen and oxygen atoms in total. The largest absolute Gasteiger partial charge is 0.468 e. The first-order valence-corrected chi connectivity index (χ1v) is 9.53. The lowest BCUT2D eigenvalue weighted by molar-refractivity contribution is -0.156. The zero-order valence-corrected chi connectivity index (χ0v) is 16.7. The number of hydrogen-bond donors (Lipinski definition) is 0. The van der Waals surface area contributed by atoms with Crippen molar-refractivity contribution in [2.45, 2.75) is 46.5 Å². The first-order chi connectivity index (χ1) is 12.8. The molecule has 0 aromatic heterocycles. The summed E-state index contributed by atoms with van der Waals surface area (Å²) in [5.41, 5.74) is 1.14. The van der Waals surface area contributed by atoms with Gasteiger partial charge < -0.3 is 4.74 Å². The zero-order valence-electron chi connectivity index (χ0n) is 16.7. The fourth-order valence-corrected chi connectivity index (χ4v) is 3.80. The van der Waals surface area contributed by atoms with Crippen molar-refractivity contribution in [3.8, 4) is 0 Å². The van der Waals surface area contributed by atoms with Crippen molar-refractivity contribution < 1.29 is 19.1 Å². The van der Waals surface area contributed by atoms with Gasteiger partial charge in [0.05, 0.1) is 7.11 Å². The second-order valence-electron chi connectivity index (χ2n) is 7.78. The Morgan fingerprint density at radius 1 is 1.22 bits per heavy atom. The number of carbonyl (C=O) groups is 3. The van der Waals surface area contributed by atoms with Crippen LogP contribution in [0, 0.1) is 17.3 Å². The highest BCUT2D eigenvalue weighted by Crippen LogP contribution is 2.41. The molecular weight excluding hydrogens is 342 g/mol. The standard InChI is InChI=1S/C22H29NO4/c1-5-9-17(24)18-16(23-13-12-15-10-7-6-8-11-15)14-22(2,3)19(20(18)25)21(26)27-4/h6-8,10-11,18-19H,5,9,12-14H2,1-4H3/t18-,19-/m0/s1. The van der Waals surface area contributed by atoms with Gasteiger partial charge in [0.2, 0.25) is 0 Å². The number of benzene rings is 1. The molecule has 146 valence electrons. The summed E-state index contributed by atoms with van der Waals surface area (Å²) >= 11 is 0. The summed E-state index contributed by atoms with van der Waals surface area (Å²) in [6, 6.07) is 9.98. The summed E-state index contributed by atoms with van der Waals surface area (Å²) in [7, 11) is 1.28. The second-order valence-corrected chi connectivity index (χ2v) is 7.78. The highest BCUT2D eigenvalue weighted by atomic mass is 16.5. The van der Waals surface area contributed by atoms with Crippen molar-refractivity contribution in [1.82, 2.24) is 0 Å². The van der Waals surface area contributed by atoms with Crippen LogP contribution >= 0.6 is 0 Å². The Bertz CT molecular complexity index is 721. The fraction of sp³-hybridized carbons (Fsp3) is 0.545. The predicted molar refractivity (Wildman–Crippen MR) is 105 cm³/mol. The normalized spacial score (nSPS) is 23.3. The zero-order chi connectivity index (χ0) is 20.0. The monoisotopic (exact) mass is 371 g/mol. The number of ether oxygens (including phenoxy) is 1. The van der Waals surface area contributed by atoms with Crippen molar-refractivity contribution in [3.63, 3.8) is 0 Å². The lowest BCUT2D eigenvalue weighted by Gasteiger charge is -2.39. The maximum absolute atomic E-state index is 13.1. The van der Waals surface area contributed by atoms with E-state index in [-0.39, 0.29) is 11.6 Å². The summed E-state index contributed by atoms with van der Waals surface area (Å²) in [6.45, 7) is 6.14. The summed E-state index contributed by atoms with van der Waals surface area (Å²) in [5, 5.41) is 0. The molecule has 0 unspecified atom stereocenters. The molecule has 1 aliphatic carbocycles. The van der Waals surface area contributed by atoms with Crippen molar-refractivity contribution in [2.24, 2.45) is 22.2 Å². The van der Waals surface area contributed by atoms with Gasteiger partial charge in [-0.15, -0.1) is 0 Å². The van der Waals surface area contributed by atoms with E-state index < -0.39 is 23.2 Å². The van der Waals surface area contributed by atoms with E-state index in [9.17, 15) is 14.4 Å². The molecule has 0 amide bonds. The van der Waals surface area contributed by atoms with Crippen molar-refractivity contribution >= 4 is 23.2 Å². The number of methoxy groups -OCH3 is 1. The van der Waals surface area contributed by atoms with E-state index in [1.165, 1.54) is 7.11 Å². The number of carbonyl (C=O) groups excluding carboxylic acids is 3. The summed E-state index contributed by atoms with van der Waals surface area (Å²) < 4.78 is 4.85. The lowest BCUT2D eigenvalue weighted by atomic mass is 9.62. The molecule has 1 fully saturated rings. The van der Waals surface area contributed by atoms with Gasteiger partial charge in [0.25, 0.3) is 0 Å². The number of Topliss-reactive ketones (excluding diaryl/α,β-unsaturated/α-hetero) is 2.